The van der Waals surface area contributed by atoms with Gasteiger partial charge in [0.1, 0.15) is 18.4 Å². The molecule has 0 spiro atoms. The lowest BCUT2D eigenvalue weighted by atomic mass is 9.96. The fourth-order valence-corrected chi connectivity index (χ4v) is 3.71. The van der Waals surface area contributed by atoms with E-state index in [9.17, 15) is 14.9 Å². The van der Waals surface area contributed by atoms with Crippen LogP contribution in [0.3, 0.4) is 0 Å². The van der Waals surface area contributed by atoms with Crippen molar-refractivity contribution in [2.75, 3.05) is 24.5 Å². The molecule has 8 nitrogen and oxygen atoms in total. The molecule has 1 fully saturated rings. The highest BCUT2D eigenvalue weighted by molar-refractivity contribution is 5.79. The van der Waals surface area contributed by atoms with Crippen molar-refractivity contribution in [3.63, 3.8) is 0 Å². The lowest BCUT2D eigenvalue weighted by Gasteiger charge is -2.33. The number of oxazole rings is 1. The highest BCUT2D eigenvalue weighted by Gasteiger charge is 2.22. The van der Waals surface area contributed by atoms with Crippen LogP contribution in [0.5, 0.6) is 0 Å². The number of aromatic nitrogens is 2. The molecule has 0 atom stereocenters. The van der Waals surface area contributed by atoms with Crippen molar-refractivity contribution in [3.8, 4) is 6.07 Å². The average Bonchev–Trinajstić information content (AvgIpc) is 3.07. The van der Waals surface area contributed by atoms with Crippen LogP contribution in [-0.4, -0.2) is 35.1 Å². The molecular weight excluding hydrogens is 370 g/mol. The quantitative estimate of drug-likeness (QED) is 0.712. The Balaban J connectivity index is 1.30. The Morgan fingerprint density at radius 1 is 1.24 bits per heavy atom. The fourth-order valence-electron chi connectivity index (χ4n) is 3.71. The van der Waals surface area contributed by atoms with Gasteiger partial charge in [0, 0.05) is 25.8 Å². The van der Waals surface area contributed by atoms with Crippen molar-refractivity contribution < 1.29 is 9.21 Å². The third-order valence-electron chi connectivity index (χ3n) is 5.28. The number of anilines is 1. The lowest BCUT2D eigenvalue weighted by molar-refractivity contribution is -0.121. The molecule has 1 amide bonds. The van der Waals surface area contributed by atoms with Crippen LogP contribution >= 0.6 is 0 Å². The molecule has 3 aromatic rings. The Hall–Kier alpha value is -3.60. The first-order valence-corrected chi connectivity index (χ1v) is 9.61. The summed E-state index contributed by atoms with van der Waals surface area (Å²) in [6.07, 6.45) is 3.50. The number of para-hydroxylation sites is 2. The van der Waals surface area contributed by atoms with E-state index >= 15 is 0 Å². The van der Waals surface area contributed by atoms with Crippen LogP contribution in [0, 0.1) is 17.2 Å². The standard InChI is InChI=1S/C21H21N5O3/c22-12-16-4-3-9-23-20(16)25-10-7-15(8-11-25)13-24-19(27)14-26-17-5-1-2-6-18(17)29-21(26)28/h1-6,9,15H,7-8,10-11,13-14H2,(H,24,27). The molecule has 0 aliphatic carbocycles. The minimum Gasteiger partial charge on any atom is -0.408 e. The molecule has 1 aliphatic heterocycles. The number of nitriles is 1. The Morgan fingerprint density at radius 3 is 2.83 bits per heavy atom. The van der Waals surface area contributed by atoms with Crippen LogP contribution in [-0.2, 0) is 11.3 Å². The van der Waals surface area contributed by atoms with E-state index in [4.69, 9.17) is 4.42 Å². The molecule has 8 heteroatoms. The van der Waals surface area contributed by atoms with E-state index in [1.54, 1.807) is 42.6 Å². The van der Waals surface area contributed by atoms with E-state index in [0.717, 1.165) is 31.7 Å². The summed E-state index contributed by atoms with van der Waals surface area (Å²) >= 11 is 0. The predicted molar refractivity (Wildman–Crippen MR) is 107 cm³/mol. The molecule has 29 heavy (non-hydrogen) atoms. The van der Waals surface area contributed by atoms with E-state index in [1.165, 1.54) is 4.57 Å². The van der Waals surface area contributed by atoms with Gasteiger partial charge < -0.3 is 14.6 Å². The maximum absolute atomic E-state index is 12.3. The number of amides is 1. The van der Waals surface area contributed by atoms with E-state index in [2.05, 4.69) is 21.3 Å². The Kier molecular flexibility index (Phi) is 5.29. The first-order valence-electron chi connectivity index (χ1n) is 9.61. The highest BCUT2D eigenvalue weighted by atomic mass is 16.4. The van der Waals surface area contributed by atoms with Gasteiger partial charge in [0.15, 0.2) is 5.58 Å². The largest absolute Gasteiger partial charge is 0.420 e. The van der Waals surface area contributed by atoms with Gasteiger partial charge in [-0.2, -0.15) is 5.26 Å². The summed E-state index contributed by atoms with van der Waals surface area (Å²) in [5.41, 5.74) is 1.67. The maximum atomic E-state index is 12.3. The van der Waals surface area contributed by atoms with Crippen LogP contribution in [0.2, 0.25) is 0 Å². The summed E-state index contributed by atoms with van der Waals surface area (Å²) in [4.78, 5) is 30.8. The van der Waals surface area contributed by atoms with Crippen molar-refractivity contribution in [1.29, 1.82) is 5.26 Å². The smallest absolute Gasteiger partial charge is 0.408 e. The van der Waals surface area contributed by atoms with Gasteiger partial charge in [-0.25, -0.2) is 9.78 Å². The van der Waals surface area contributed by atoms with E-state index in [1.807, 2.05) is 0 Å². The minimum absolute atomic E-state index is 0.0614. The summed E-state index contributed by atoms with van der Waals surface area (Å²) < 4.78 is 6.51. The molecule has 1 N–H and O–H groups in total. The lowest BCUT2D eigenvalue weighted by Crippen LogP contribution is -2.40. The van der Waals surface area contributed by atoms with Crippen molar-refractivity contribution in [2.45, 2.75) is 19.4 Å². The van der Waals surface area contributed by atoms with Gasteiger partial charge in [-0.3, -0.25) is 9.36 Å². The molecule has 0 bridgehead atoms. The number of benzene rings is 1. The van der Waals surface area contributed by atoms with Gasteiger partial charge in [-0.15, -0.1) is 0 Å². The Labute approximate surface area is 167 Å². The zero-order chi connectivity index (χ0) is 20.2. The summed E-state index contributed by atoms with van der Waals surface area (Å²) in [5.74, 6) is 0.335. The average molecular weight is 391 g/mol. The van der Waals surface area contributed by atoms with E-state index in [0.29, 0.717) is 29.1 Å². The minimum atomic E-state index is -0.529. The second-order valence-electron chi connectivity index (χ2n) is 7.14. The van der Waals surface area contributed by atoms with Crippen LogP contribution in [0.15, 0.2) is 51.8 Å². The van der Waals surface area contributed by atoms with Gasteiger partial charge in [-0.05, 0) is 43.0 Å². The summed E-state index contributed by atoms with van der Waals surface area (Å²) in [5, 5.41) is 12.2. The molecule has 148 valence electrons. The number of nitrogens with one attached hydrogen (secondary N) is 1. The van der Waals surface area contributed by atoms with Gasteiger partial charge in [0.25, 0.3) is 0 Å². The van der Waals surface area contributed by atoms with Gasteiger partial charge in [-0.1, -0.05) is 12.1 Å². The maximum Gasteiger partial charge on any atom is 0.420 e. The monoisotopic (exact) mass is 391 g/mol. The van der Waals surface area contributed by atoms with Crippen LogP contribution in [0.1, 0.15) is 18.4 Å². The molecule has 0 radical (unpaired) electrons. The second-order valence-corrected chi connectivity index (χ2v) is 7.14. The number of fused-ring (bicyclic) bond motifs is 1. The zero-order valence-corrected chi connectivity index (χ0v) is 15.9. The van der Waals surface area contributed by atoms with E-state index in [-0.39, 0.29) is 12.5 Å². The number of hydrogen-bond acceptors (Lipinski definition) is 6. The van der Waals surface area contributed by atoms with Crippen molar-refractivity contribution in [2.24, 2.45) is 5.92 Å². The number of rotatable bonds is 5. The van der Waals surface area contributed by atoms with Crippen molar-refractivity contribution in [1.82, 2.24) is 14.9 Å². The number of piperidine rings is 1. The highest BCUT2D eigenvalue weighted by Crippen LogP contribution is 2.23. The van der Waals surface area contributed by atoms with Gasteiger partial charge >= 0.3 is 5.76 Å². The number of nitrogens with zero attached hydrogens (tertiary/aromatic N) is 4. The fraction of sp³-hybridized carbons (Fsp3) is 0.333. The first kappa shape index (κ1) is 18.7. The number of pyridine rings is 1. The predicted octanol–water partition coefficient (Wildman–Crippen LogP) is 1.89. The van der Waals surface area contributed by atoms with Crippen LogP contribution in [0.4, 0.5) is 5.82 Å². The van der Waals surface area contributed by atoms with Gasteiger partial charge in [0.05, 0.1) is 11.1 Å². The second kappa shape index (κ2) is 8.19. The summed E-state index contributed by atoms with van der Waals surface area (Å²) in [6.45, 7) is 2.08. The van der Waals surface area contributed by atoms with Crippen molar-refractivity contribution in [3.05, 3.63) is 58.7 Å². The zero-order valence-electron chi connectivity index (χ0n) is 15.9. The summed E-state index contributed by atoms with van der Waals surface area (Å²) in [6, 6.07) is 12.8. The number of carbonyl (C=O) groups excluding carboxylic acids is 1. The molecule has 0 saturated carbocycles. The third kappa shape index (κ3) is 3.99. The number of carbonyl (C=O) groups is 1. The Bertz CT molecular complexity index is 1120. The molecule has 3 heterocycles. The van der Waals surface area contributed by atoms with E-state index < -0.39 is 5.76 Å². The normalized spacial score (nSPS) is 14.7. The molecule has 2 aromatic heterocycles. The van der Waals surface area contributed by atoms with Crippen LogP contribution in [0.25, 0.3) is 11.1 Å². The molecular formula is C21H21N5O3. The Morgan fingerprint density at radius 2 is 2.03 bits per heavy atom. The topological polar surface area (TPSA) is 104 Å². The molecule has 1 saturated heterocycles. The van der Waals surface area contributed by atoms with Crippen molar-refractivity contribution >= 4 is 22.8 Å². The molecule has 1 aromatic carbocycles. The number of hydrogen-bond donors (Lipinski definition) is 1. The van der Waals surface area contributed by atoms with Gasteiger partial charge in [0.2, 0.25) is 5.91 Å². The molecule has 0 unspecified atom stereocenters. The SMILES string of the molecule is N#Cc1cccnc1N1CCC(CNC(=O)Cn2c(=O)oc3ccccc32)CC1. The summed E-state index contributed by atoms with van der Waals surface area (Å²) in [7, 11) is 0. The third-order valence-corrected chi connectivity index (χ3v) is 5.28. The first-order chi connectivity index (χ1) is 14.2. The van der Waals surface area contributed by atoms with Crippen LogP contribution < -0.4 is 16.0 Å². The molecule has 4 rings (SSSR count). The molecule has 1 aliphatic rings.